The summed E-state index contributed by atoms with van der Waals surface area (Å²) in [6.45, 7) is 0. The minimum Gasteiger partial charge on any atom is -0.350 e. The van der Waals surface area contributed by atoms with Gasteiger partial charge in [-0.25, -0.2) is 4.90 Å². The molecule has 1 N–H and O–H groups in total. The second kappa shape index (κ2) is 7.21. The third-order valence-corrected chi connectivity index (χ3v) is 5.21. The van der Waals surface area contributed by atoms with Gasteiger partial charge in [0, 0.05) is 10.6 Å². The normalized spacial score (nSPS) is 14.7. The maximum absolute atomic E-state index is 13.1. The summed E-state index contributed by atoms with van der Waals surface area (Å²) < 4.78 is 39.1. The van der Waals surface area contributed by atoms with Crippen LogP contribution in [0.3, 0.4) is 0 Å². The lowest BCUT2D eigenvalue weighted by molar-refractivity contribution is -0.137. The number of nitrogens with one attached hydrogen (secondary N) is 1. The van der Waals surface area contributed by atoms with Crippen molar-refractivity contribution >= 4 is 40.1 Å². The van der Waals surface area contributed by atoms with E-state index in [1.807, 2.05) is 0 Å². The van der Waals surface area contributed by atoms with E-state index in [0.717, 1.165) is 17.0 Å². The van der Waals surface area contributed by atoms with Crippen molar-refractivity contribution in [2.24, 2.45) is 0 Å². The van der Waals surface area contributed by atoms with Crippen LogP contribution in [-0.4, -0.2) is 11.8 Å². The molecule has 0 unspecified atom stereocenters. The molecule has 1 aliphatic rings. The second-order valence-corrected chi connectivity index (χ2v) is 7.16. The molecule has 29 heavy (non-hydrogen) atoms. The number of amides is 2. The van der Waals surface area contributed by atoms with E-state index < -0.39 is 23.6 Å². The predicted octanol–water partition coefficient (Wildman–Crippen LogP) is 5.16. The Balaban J connectivity index is 1.78. The average Bonchev–Trinajstić information content (AvgIpc) is 3.29. The number of carbonyl (C=O) groups is 2. The molecule has 4 nitrogen and oxygen atoms in total. The molecular weight excluding hydrogens is 401 g/mol. The number of para-hydroxylation sites is 1. The summed E-state index contributed by atoms with van der Waals surface area (Å²) in [6, 6.07) is 16.3. The zero-order valence-corrected chi connectivity index (χ0v) is 15.6. The van der Waals surface area contributed by atoms with E-state index in [1.165, 1.54) is 23.5 Å². The number of hydrogen-bond acceptors (Lipinski definition) is 4. The van der Waals surface area contributed by atoms with E-state index in [4.69, 9.17) is 0 Å². The van der Waals surface area contributed by atoms with Gasteiger partial charge in [0.1, 0.15) is 5.70 Å². The van der Waals surface area contributed by atoms with Crippen LogP contribution in [0.5, 0.6) is 0 Å². The summed E-state index contributed by atoms with van der Waals surface area (Å²) in [5, 5.41) is 4.50. The number of imide groups is 1. The van der Waals surface area contributed by atoms with Crippen LogP contribution in [0.15, 0.2) is 77.8 Å². The van der Waals surface area contributed by atoms with Gasteiger partial charge in [-0.3, -0.25) is 9.59 Å². The van der Waals surface area contributed by atoms with Gasteiger partial charge in [-0.05, 0) is 41.8 Å². The summed E-state index contributed by atoms with van der Waals surface area (Å²) in [5.41, 5.74) is -0.318. The first-order valence-corrected chi connectivity index (χ1v) is 9.40. The van der Waals surface area contributed by atoms with Crippen LogP contribution in [0.25, 0.3) is 5.57 Å². The van der Waals surface area contributed by atoms with Gasteiger partial charge in [-0.15, -0.1) is 11.3 Å². The molecule has 146 valence electrons. The van der Waals surface area contributed by atoms with Crippen LogP contribution >= 0.6 is 11.3 Å². The maximum atomic E-state index is 13.1. The molecule has 0 spiro atoms. The third-order valence-electron chi connectivity index (χ3n) is 4.33. The Morgan fingerprint density at radius 3 is 2.28 bits per heavy atom. The number of anilines is 2. The van der Waals surface area contributed by atoms with Gasteiger partial charge >= 0.3 is 6.18 Å². The van der Waals surface area contributed by atoms with Crippen molar-refractivity contribution in [1.82, 2.24) is 0 Å². The van der Waals surface area contributed by atoms with Crippen LogP contribution in [-0.2, 0) is 15.8 Å². The highest BCUT2D eigenvalue weighted by Crippen LogP contribution is 2.36. The highest BCUT2D eigenvalue weighted by atomic mass is 32.1. The fourth-order valence-electron chi connectivity index (χ4n) is 3.02. The minimum absolute atomic E-state index is 0.0550. The van der Waals surface area contributed by atoms with Crippen LogP contribution < -0.4 is 10.2 Å². The molecule has 0 radical (unpaired) electrons. The van der Waals surface area contributed by atoms with Crippen LogP contribution in [0, 0.1) is 0 Å². The topological polar surface area (TPSA) is 49.4 Å². The summed E-state index contributed by atoms with van der Waals surface area (Å²) >= 11 is 1.27. The number of rotatable bonds is 4. The lowest BCUT2D eigenvalue weighted by Gasteiger charge is -2.15. The summed E-state index contributed by atoms with van der Waals surface area (Å²) in [7, 11) is 0. The smallest absolute Gasteiger partial charge is 0.350 e. The highest BCUT2D eigenvalue weighted by molar-refractivity contribution is 7.11. The molecule has 0 atom stereocenters. The zero-order valence-electron chi connectivity index (χ0n) is 14.7. The number of alkyl halides is 3. The van der Waals surface area contributed by atoms with Crippen molar-refractivity contribution in [1.29, 1.82) is 0 Å². The molecule has 1 aromatic heterocycles. The van der Waals surface area contributed by atoms with Crippen LogP contribution in [0.2, 0.25) is 0 Å². The van der Waals surface area contributed by atoms with E-state index in [2.05, 4.69) is 5.32 Å². The van der Waals surface area contributed by atoms with Crippen molar-refractivity contribution in [3.63, 3.8) is 0 Å². The van der Waals surface area contributed by atoms with Gasteiger partial charge in [0.05, 0.1) is 16.8 Å². The molecule has 0 aliphatic carbocycles. The van der Waals surface area contributed by atoms with Gasteiger partial charge in [-0.1, -0.05) is 30.3 Å². The van der Waals surface area contributed by atoms with Gasteiger partial charge in [-0.2, -0.15) is 13.2 Å². The van der Waals surface area contributed by atoms with Crippen LogP contribution in [0.1, 0.15) is 10.4 Å². The number of hydrogen-bond donors (Lipinski definition) is 1. The van der Waals surface area contributed by atoms with Gasteiger partial charge in [0.25, 0.3) is 11.8 Å². The molecule has 0 saturated carbocycles. The Hall–Kier alpha value is -3.39. The lowest BCUT2D eigenvalue weighted by atomic mass is 10.1. The fraction of sp³-hybridized carbons (Fsp3) is 0.0476. The predicted molar refractivity (Wildman–Crippen MR) is 105 cm³/mol. The lowest BCUT2D eigenvalue weighted by Crippen LogP contribution is -2.32. The first-order valence-electron chi connectivity index (χ1n) is 8.52. The average molecular weight is 414 g/mol. The van der Waals surface area contributed by atoms with Crippen LogP contribution in [0.4, 0.5) is 24.5 Å². The minimum atomic E-state index is -4.52. The fourth-order valence-corrected chi connectivity index (χ4v) is 3.79. The van der Waals surface area contributed by atoms with Crippen molar-refractivity contribution in [3.8, 4) is 0 Å². The first kappa shape index (κ1) is 18.9. The van der Waals surface area contributed by atoms with Crippen molar-refractivity contribution in [3.05, 3.63) is 88.2 Å². The molecule has 2 heterocycles. The Morgan fingerprint density at radius 2 is 1.62 bits per heavy atom. The molecule has 4 rings (SSSR count). The summed E-state index contributed by atoms with van der Waals surface area (Å²) in [5.74, 6) is -1.15. The van der Waals surface area contributed by atoms with Crippen molar-refractivity contribution in [2.75, 3.05) is 10.2 Å². The number of halogens is 3. The number of nitrogens with zero attached hydrogens (tertiary/aromatic N) is 1. The van der Waals surface area contributed by atoms with E-state index >= 15 is 0 Å². The van der Waals surface area contributed by atoms with E-state index in [-0.39, 0.29) is 17.0 Å². The summed E-state index contributed by atoms with van der Waals surface area (Å²) in [4.78, 5) is 27.7. The number of benzene rings is 2. The SMILES string of the molecule is O=C1C(Nc2cccc(C(F)(F)F)c2)=C(c2cccs2)C(=O)N1c1ccccc1. The first-order chi connectivity index (χ1) is 13.9. The molecule has 2 aromatic carbocycles. The molecule has 0 fully saturated rings. The molecule has 1 aliphatic heterocycles. The third kappa shape index (κ3) is 3.54. The molecular formula is C21H13F3N2O2S. The molecule has 0 saturated heterocycles. The molecule has 3 aromatic rings. The summed E-state index contributed by atoms with van der Waals surface area (Å²) in [6.07, 6.45) is -4.52. The van der Waals surface area contributed by atoms with Gasteiger partial charge in [0.2, 0.25) is 0 Å². The van der Waals surface area contributed by atoms with E-state index in [0.29, 0.717) is 10.6 Å². The molecule has 2 amide bonds. The standard InChI is InChI=1S/C21H13F3N2O2S/c22-21(23,24)13-6-4-7-14(12-13)25-18-17(16-10-5-11-29-16)19(27)26(20(18)28)15-8-2-1-3-9-15/h1-12,25H. The Bertz CT molecular complexity index is 1110. The molecule has 8 heteroatoms. The molecule has 0 bridgehead atoms. The van der Waals surface area contributed by atoms with E-state index in [1.54, 1.807) is 47.8 Å². The van der Waals surface area contributed by atoms with Gasteiger partial charge < -0.3 is 5.32 Å². The maximum Gasteiger partial charge on any atom is 0.416 e. The Kier molecular flexibility index (Phi) is 4.71. The Labute approximate surface area is 167 Å². The zero-order chi connectivity index (χ0) is 20.6. The van der Waals surface area contributed by atoms with Crippen molar-refractivity contribution < 1.29 is 22.8 Å². The van der Waals surface area contributed by atoms with Gasteiger partial charge in [0.15, 0.2) is 0 Å². The number of carbonyl (C=O) groups excluding carboxylic acids is 2. The second-order valence-electron chi connectivity index (χ2n) is 6.21. The largest absolute Gasteiger partial charge is 0.416 e. The quantitative estimate of drug-likeness (QED) is 0.600. The van der Waals surface area contributed by atoms with E-state index in [9.17, 15) is 22.8 Å². The monoisotopic (exact) mass is 414 g/mol. The Morgan fingerprint density at radius 1 is 0.862 bits per heavy atom. The number of thiophene rings is 1. The highest BCUT2D eigenvalue weighted by Gasteiger charge is 2.41. The van der Waals surface area contributed by atoms with Crippen molar-refractivity contribution in [2.45, 2.75) is 6.18 Å².